The van der Waals surface area contributed by atoms with E-state index in [9.17, 15) is 14.4 Å². The lowest BCUT2D eigenvalue weighted by Gasteiger charge is -2.17. The SMILES string of the molecule is N[C@@H](CCC(=O)O)C(=O)N[C@@H](COCc1ccccc1)C(=O)O. The first-order chi connectivity index (χ1) is 10.9. The third kappa shape index (κ3) is 7.39. The van der Waals surface area contributed by atoms with Crippen LogP contribution in [0.5, 0.6) is 0 Å². The zero-order valence-electron chi connectivity index (χ0n) is 12.5. The molecule has 0 saturated carbocycles. The van der Waals surface area contributed by atoms with E-state index in [-0.39, 0.29) is 26.1 Å². The Hall–Kier alpha value is -2.45. The van der Waals surface area contributed by atoms with Crippen LogP contribution in [0.1, 0.15) is 18.4 Å². The number of amides is 1. The standard InChI is InChI=1S/C15H20N2O6/c16-11(6-7-13(18)19)14(20)17-12(15(21)22)9-23-8-10-4-2-1-3-5-10/h1-5,11-12H,6-9,16H2,(H,17,20)(H,18,19)(H,21,22)/t11-,12-/m0/s1. The number of benzene rings is 1. The molecule has 8 heteroatoms. The average molecular weight is 324 g/mol. The smallest absolute Gasteiger partial charge is 0.328 e. The van der Waals surface area contributed by atoms with E-state index in [0.717, 1.165) is 5.56 Å². The first-order valence-electron chi connectivity index (χ1n) is 7.02. The predicted molar refractivity (Wildman–Crippen MR) is 80.5 cm³/mol. The van der Waals surface area contributed by atoms with Gasteiger partial charge in [-0.15, -0.1) is 0 Å². The molecule has 1 amide bonds. The molecular weight excluding hydrogens is 304 g/mol. The molecule has 0 aliphatic heterocycles. The summed E-state index contributed by atoms with van der Waals surface area (Å²) >= 11 is 0. The zero-order valence-corrected chi connectivity index (χ0v) is 12.5. The Bertz CT molecular complexity index is 534. The van der Waals surface area contributed by atoms with E-state index >= 15 is 0 Å². The monoisotopic (exact) mass is 324 g/mol. The summed E-state index contributed by atoms with van der Waals surface area (Å²) in [6.45, 7) is -0.00677. The van der Waals surface area contributed by atoms with Crippen molar-refractivity contribution >= 4 is 17.8 Å². The van der Waals surface area contributed by atoms with Gasteiger partial charge in [0.25, 0.3) is 0 Å². The van der Waals surface area contributed by atoms with Crippen molar-refractivity contribution in [2.75, 3.05) is 6.61 Å². The number of carbonyl (C=O) groups is 3. The van der Waals surface area contributed by atoms with Crippen molar-refractivity contribution in [1.29, 1.82) is 0 Å². The molecule has 8 nitrogen and oxygen atoms in total. The lowest BCUT2D eigenvalue weighted by Crippen LogP contribution is -2.50. The van der Waals surface area contributed by atoms with E-state index in [2.05, 4.69) is 5.32 Å². The number of hydrogen-bond donors (Lipinski definition) is 4. The van der Waals surface area contributed by atoms with E-state index in [1.54, 1.807) is 0 Å². The fourth-order valence-electron chi connectivity index (χ4n) is 1.73. The minimum absolute atomic E-state index is 0.0711. The molecule has 126 valence electrons. The molecule has 0 saturated heterocycles. The molecule has 0 radical (unpaired) electrons. The van der Waals surface area contributed by atoms with Crippen LogP contribution >= 0.6 is 0 Å². The summed E-state index contributed by atoms with van der Waals surface area (Å²) in [6.07, 6.45) is -0.338. The summed E-state index contributed by atoms with van der Waals surface area (Å²) < 4.78 is 5.29. The summed E-state index contributed by atoms with van der Waals surface area (Å²) in [6, 6.07) is 6.84. The van der Waals surface area contributed by atoms with Gasteiger partial charge in [-0.25, -0.2) is 4.79 Å². The average Bonchev–Trinajstić information content (AvgIpc) is 2.52. The fraction of sp³-hybridized carbons (Fsp3) is 0.400. The Morgan fingerprint density at radius 1 is 1.17 bits per heavy atom. The molecule has 0 aromatic heterocycles. The van der Waals surface area contributed by atoms with Crippen LogP contribution in [0.25, 0.3) is 0 Å². The van der Waals surface area contributed by atoms with E-state index in [1.165, 1.54) is 0 Å². The Morgan fingerprint density at radius 3 is 2.39 bits per heavy atom. The molecule has 0 aliphatic rings. The maximum absolute atomic E-state index is 11.8. The van der Waals surface area contributed by atoms with Gasteiger partial charge in [0.05, 0.1) is 19.3 Å². The molecular formula is C15H20N2O6. The van der Waals surface area contributed by atoms with Gasteiger partial charge in [-0.1, -0.05) is 30.3 Å². The summed E-state index contributed by atoms with van der Waals surface area (Å²) in [5.41, 5.74) is 6.40. The van der Waals surface area contributed by atoms with Crippen LogP contribution in [0.4, 0.5) is 0 Å². The van der Waals surface area contributed by atoms with Gasteiger partial charge in [-0.05, 0) is 12.0 Å². The Balaban J connectivity index is 2.43. The maximum Gasteiger partial charge on any atom is 0.328 e. The highest BCUT2D eigenvalue weighted by molar-refractivity contribution is 5.87. The van der Waals surface area contributed by atoms with Crippen molar-refractivity contribution in [2.45, 2.75) is 31.5 Å². The Labute approximate surface area is 133 Å². The molecule has 0 bridgehead atoms. The third-order valence-corrected chi connectivity index (χ3v) is 3.02. The largest absolute Gasteiger partial charge is 0.481 e. The quantitative estimate of drug-likeness (QED) is 0.473. The second-order valence-electron chi connectivity index (χ2n) is 4.94. The summed E-state index contributed by atoms with van der Waals surface area (Å²) in [5, 5.41) is 19.9. The molecule has 2 atom stereocenters. The Morgan fingerprint density at radius 2 is 1.83 bits per heavy atom. The minimum atomic E-state index is -1.25. The first-order valence-corrected chi connectivity index (χ1v) is 7.02. The molecule has 23 heavy (non-hydrogen) atoms. The second kappa shape index (κ2) is 9.54. The number of hydrogen-bond acceptors (Lipinski definition) is 5. The summed E-state index contributed by atoms with van der Waals surface area (Å²) in [7, 11) is 0. The fourth-order valence-corrected chi connectivity index (χ4v) is 1.73. The van der Waals surface area contributed by atoms with Crippen LogP contribution in [-0.4, -0.2) is 46.7 Å². The highest BCUT2D eigenvalue weighted by Crippen LogP contribution is 2.02. The van der Waals surface area contributed by atoms with Crippen molar-refractivity contribution in [3.8, 4) is 0 Å². The van der Waals surface area contributed by atoms with Gasteiger partial charge in [0, 0.05) is 6.42 Å². The molecule has 0 unspecified atom stereocenters. The molecule has 0 spiro atoms. The normalized spacial score (nSPS) is 13.1. The minimum Gasteiger partial charge on any atom is -0.481 e. The number of carboxylic acids is 2. The van der Waals surface area contributed by atoms with Crippen LogP contribution in [0, 0.1) is 0 Å². The molecule has 0 heterocycles. The number of ether oxygens (including phenoxy) is 1. The molecule has 0 fully saturated rings. The highest BCUT2D eigenvalue weighted by atomic mass is 16.5. The number of aliphatic carboxylic acids is 2. The van der Waals surface area contributed by atoms with Crippen molar-refractivity contribution in [3.63, 3.8) is 0 Å². The number of nitrogens with two attached hydrogens (primary N) is 1. The molecule has 0 aliphatic carbocycles. The van der Waals surface area contributed by atoms with Gasteiger partial charge in [0.1, 0.15) is 0 Å². The molecule has 5 N–H and O–H groups in total. The van der Waals surface area contributed by atoms with Gasteiger partial charge >= 0.3 is 11.9 Å². The third-order valence-electron chi connectivity index (χ3n) is 3.02. The van der Waals surface area contributed by atoms with Crippen LogP contribution in [0.15, 0.2) is 30.3 Å². The van der Waals surface area contributed by atoms with E-state index in [1.807, 2.05) is 30.3 Å². The molecule has 1 rings (SSSR count). The molecule has 1 aromatic carbocycles. The van der Waals surface area contributed by atoms with Crippen molar-refractivity contribution < 1.29 is 29.3 Å². The zero-order chi connectivity index (χ0) is 17.2. The summed E-state index contributed by atoms with van der Waals surface area (Å²) in [4.78, 5) is 33.3. The van der Waals surface area contributed by atoms with Crippen molar-refractivity contribution in [2.24, 2.45) is 5.73 Å². The Kier molecular flexibility index (Phi) is 7.72. The first kappa shape index (κ1) is 18.6. The van der Waals surface area contributed by atoms with Gasteiger partial charge < -0.3 is 26.0 Å². The van der Waals surface area contributed by atoms with Crippen LogP contribution in [0.3, 0.4) is 0 Å². The second-order valence-corrected chi connectivity index (χ2v) is 4.94. The lowest BCUT2D eigenvalue weighted by atomic mass is 10.1. The van der Waals surface area contributed by atoms with Crippen LogP contribution in [0.2, 0.25) is 0 Å². The van der Waals surface area contributed by atoms with Gasteiger partial charge in [-0.3, -0.25) is 9.59 Å². The summed E-state index contributed by atoms with van der Waals surface area (Å²) in [5.74, 6) is -3.05. The highest BCUT2D eigenvalue weighted by Gasteiger charge is 2.23. The van der Waals surface area contributed by atoms with Crippen molar-refractivity contribution in [1.82, 2.24) is 5.32 Å². The van der Waals surface area contributed by atoms with Crippen LogP contribution in [-0.2, 0) is 25.7 Å². The number of carbonyl (C=O) groups excluding carboxylic acids is 1. The predicted octanol–water partition coefficient (Wildman–Crippen LogP) is -0.0353. The topological polar surface area (TPSA) is 139 Å². The maximum atomic E-state index is 11.8. The van der Waals surface area contributed by atoms with Gasteiger partial charge in [0.15, 0.2) is 6.04 Å². The number of carboxylic acid groups (broad SMARTS) is 2. The van der Waals surface area contributed by atoms with Gasteiger partial charge in [0.2, 0.25) is 5.91 Å². The number of nitrogens with one attached hydrogen (secondary N) is 1. The van der Waals surface area contributed by atoms with Crippen LogP contribution < -0.4 is 11.1 Å². The number of rotatable bonds is 10. The van der Waals surface area contributed by atoms with E-state index < -0.39 is 29.9 Å². The van der Waals surface area contributed by atoms with Gasteiger partial charge in [-0.2, -0.15) is 0 Å². The van der Waals surface area contributed by atoms with Crippen molar-refractivity contribution in [3.05, 3.63) is 35.9 Å². The molecule has 1 aromatic rings. The van der Waals surface area contributed by atoms with E-state index in [4.69, 9.17) is 20.7 Å². The van der Waals surface area contributed by atoms with E-state index in [0.29, 0.717) is 0 Å². The lowest BCUT2D eigenvalue weighted by molar-refractivity contribution is -0.144.